The van der Waals surface area contributed by atoms with Gasteiger partial charge in [-0.25, -0.2) is 27.9 Å². The summed E-state index contributed by atoms with van der Waals surface area (Å²) in [5.74, 6) is -2.59. The second-order valence-corrected chi connectivity index (χ2v) is 6.54. The van der Waals surface area contributed by atoms with Gasteiger partial charge in [0.15, 0.2) is 4.90 Å². The molecule has 0 N–H and O–H groups in total. The Bertz CT molecular complexity index is 864. The van der Waals surface area contributed by atoms with Crippen LogP contribution in [-0.2, 0) is 25.3 Å². The van der Waals surface area contributed by atoms with E-state index in [1.807, 2.05) is 0 Å². The molecule has 1 heterocycles. The van der Waals surface area contributed by atoms with E-state index in [1.54, 1.807) is 0 Å². The van der Waals surface area contributed by atoms with Crippen LogP contribution in [0.25, 0.3) is 5.69 Å². The van der Waals surface area contributed by atoms with Crippen LogP contribution in [0.2, 0.25) is 0 Å². The van der Waals surface area contributed by atoms with Gasteiger partial charge in [0.25, 0.3) is 0 Å². The van der Waals surface area contributed by atoms with Crippen LogP contribution >= 0.6 is 0 Å². The maximum atomic E-state index is 14.2. The van der Waals surface area contributed by atoms with Crippen LogP contribution < -0.4 is 11.4 Å². The zero-order valence-corrected chi connectivity index (χ0v) is 13.7. The van der Waals surface area contributed by atoms with E-state index in [9.17, 15) is 31.7 Å². The van der Waals surface area contributed by atoms with Gasteiger partial charge in [0.2, 0.25) is 5.75 Å². The number of halogens is 4. The summed E-state index contributed by atoms with van der Waals surface area (Å²) < 4.78 is 65.7. The number of alkyl halides is 3. The van der Waals surface area contributed by atoms with Crippen LogP contribution in [0.15, 0.2) is 26.6 Å². The van der Waals surface area contributed by atoms with Crippen molar-refractivity contribution in [2.24, 2.45) is 14.1 Å². The van der Waals surface area contributed by atoms with Gasteiger partial charge < -0.3 is 4.55 Å². The molecule has 0 bridgehead atoms. The van der Waals surface area contributed by atoms with Gasteiger partial charge >= 0.3 is 17.6 Å². The SMILES string of the molecule is Cc1cc(F)c(-n2c(=O)n(C)n(C)c2=O)cc1[S+]([O-])CC(F)(F)F. The summed E-state index contributed by atoms with van der Waals surface area (Å²) in [7, 11) is 2.55. The second-order valence-electron chi connectivity index (χ2n) is 5.12. The van der Waals surface area contributed by atoms with Crippen molar-refractivity contribution in [3.63, 3.8) is 0 Å². The van der Waals surface area contributed by atoms with Crippen LogP contribution in [0.1, 0.15) is 5.56 Å². The molecule has 1 aromatic carbocycles. The van der Waals surface area contributed by atoms with Gasteiger partial charge in [-0.15, -0.1) is 0 Å². The van der Waals surface area contributed by atoms with Gasteiger partial charge in [-0.05, 0) is 24.2 Å². The molecule has 1 aromatic heterocycles. The maximum Gasteiger partial charge on any atom is 0.433 e. The van der Waals surface area contributed by atoms with E-state index in [-0.39, 0.29) is 10.5 Å². The maximum absolute atomic E-state index is 14.2. The van der Waals surface area contributed by atoms with E-state index in [4.69, 9.17) is 0 Å². The number of aromatic nitrogens is 3. The van der Waals surface area contributed by atoms with E-state index < -0.39 is 46.0 Å². The first-order valence-electron chi connectivity index (χ1n) is 6.54. The van der Waals surface area contributed by atoms with Gasteiger partial charge in [0.05, 0.1) is 5.69 Å². The molecule has 0 aliphatic heterocycles. The molecule has 0 amide bonds. The number of rotatable bonds is 3. The minimum Gasteiger partial charge on any atom is -0.611 e. The van der Waals surface area contributed by atoms with Crippen molar-refractivity contribution in [1.29, 1.82) is 0 Å². The Labute approximate surface area is 136 Å². The summed E-state index contributed by atoms with van der Waals surface area (Å²) in [6.45, 7) is 1.29. The lowest BCUT2D eigenvalue weighted by Crippen LogP contribution is -2.28. The first kappa shape index (κ1) is 18.3. The molecule has 0 radical (unpaired) electrons. The predicted molar refractivity (Wildman–Crippen MR) is 78.3 cm³/mol. The Hall–Kier alpha value is -2.01. The molecule has 24 heavy (non-hydrogen) atoms. The van der Waals surface area contributed by atoms with E-state index in [2.05, 4.69) is 0 Å². The molecule has 1 unspecified atom stereocenters. The van der Waals surface area contributed by atoms with Gasteiger partial charge in [-0.2, -0.15) is 13.2 Å². The van der Waals surface area contributed by atoms with E-state index in [0.29, 0.717) is 4.57 Å². The van der Waals surface area contributed by atoms with Gasteiger partial charge in [-0.1, -0.05) is 0 Å². The summed E-state index contributed by atoms with van der Waals surface area (Å²) in [4.78, 5) is 23.8. The average molecular weight is 367 g/mol. The van der Waals surface area contributed by atoms with E-state index in [1.165, 1.54) is 21.0 Å². The normalized spacial score (nSPS) is 13.3. The molecule has 0 spiro atoms. The van der Waals surface area contributed by atoms with Crippen molar-refractivity contribution < 1.29 is 22.1 Å². The summed E-state index contributed by atoms with van der Waals surface area (Å²) in [6.07, 6.45) is -4.68. The minimum atomic E-state index is -4.68. The Morgan fingerprint density at radius 1 is 1.12 bits per heavy atom. The smallest absolute Gasteiger partial charge is 0.433 e. The van der Waals surface area contributed by atoms with Crippen LogP contribution in [0.4, 0.5) is 17.6 Å². The summed E-state index contributed by atoms with van der Waals surface area (Å²) in [5.41, 5.74) is -2.27. The molecule has 1 atom stereocenters. The van der Waals surface area contributed by atoms with Gasteiger partial charge in [-0.3, -0.25) is 0 Å². The molecule has 132 valence electrons. The monoisotopic (exact) mass is 367 g/mol. The van der Waals surface area contributed by atoms with E-state index in [0.717, 1.165) is 21.5 Å². The fourth-order valence-electron chi connectivity index (χ4n) is 2.12. The fourth-order valence-corrected chi connectivity index (χ4v) is 3.23. The molecular formula is C13H13F4N3O3S. The summed E-state index contributed by atoms with van der Waals surface area (Å²) in [6, 6.07) is 1.69. The topological polar surface area (TPSA) is 72.0 Å². The van der Waals surface area contributed by atoms with Crippen LogP contribution in [0.3, 0.4) is 0 Å². The van der Waals surface area contributed by atoms with Crippen molar-refractivity contribution in [1.82, 2.24) is 13.9 Å². The van der Waals surface area contributed by atoms with E-state index >= 15 is 0 Å². The van der Waals surface area contributed by atoms with Crippen molar-refractivity contribution in [2.75, 3.05) is 5.75 Å². The lowest BCUT2D eigenvalue weighted by molar-refractivity contribution is -0.106. The Kier molecular flexibility index (Phi) is 4.68. The van der Waals surface area contributed by atoms with Crippen molar-refractivity contribution >= 4 is 11.2 Å². The first-order valence-corrected chi connectivity index (χ1v) is 7.86. The Morgan fingerprint density at radius 2 is 1.62 bits per heavy atom. The third kappa shape index (κ3) is 3.26. The molecule has 0 saturated carbocycles. The quantitative estimate of drug-likeness (QED) is 0.600. The highest BCUT2D eigenvalue weighted by molar-refractivity contribution is 7.91. The Morgan fingerprint density at radius 3 is 2.08 bits per heavy atom. The van der Waals surface area contributed by atoms with Crippen molar-refractivity contribution in [3.05, 3.63) is 44.5 Å². The molecule has 0 fully saturated rings. The van der Waals surface area contributed by atoms with Gasteiger partial charge in [0, 0.05) is 25.7 Å². The average Bonchev–Trinajstić information content (AvgIpc) is 2.62. The molecule has 11 heteroatoms. The number of hydrogen-bond donors (Lipinski definition) is 0. The second kappa shape index (κ2) is 6.13. The molecule has 2 aromatic rings. The first-order chi connectivity index (χ1) is 10.9. The van der Waals surface area contributed by atoms with Crippen molar-refractivity contribution in [2.45, 2.75) is 18.0 Å². The fraction of sp³-hybridized carbons (Fsp3) is 0.385. The summed E-state index contributed by atoms with van der Waals surface area (Å²) in [5, 5.41) is 0. The van der Waals surface area contributed by atoms with Crippen LogP contribution in [0.5, 0.6) is 0 Å². The molecular weight excluding hydrogens is 354 g/mol. The minimum absolute atomic E-state index is 0.0274. The lowest BCUT2D eigenvalue weighted by atomic mass is 10.2. The zero-order chi connectivity index (χ0) is 18.4. The third-order valence-electron chi connectivity index (χ3n) is 3.41. The highest BCUT2D eigenvalue weighted by atomic mass is 32.2. The number of nitrogens with zero attached hydrogens (tertiary/aromatic N) is 3. The zero-order valence-electron chi connectivity index (χ0n) is 12.8. The number of benzene rings is 1. The molecule has 6 nitrogen and oxygen atoms in total. The molecule has 0 saturated heterocycles. The highest BCUT2D eigenvalue weighted by Gasteiger charge is 2.36. The largest absolute Gasteiger partial charge is 0.611 e. The molecule has 0 aliphatic rings. The van der Waals surface area contributed by atoms with Crippen molar-refractivity contribution in [3.8, 4) is 5.69 Å². The predicted octanol–water partition coefficient (Wildman–Crippen LogP) is 0.992. The Balaban J connectivity index is 2.66. The standard InChI is InChI=1S/C13H13F4N3O3S/c1-7-4-8(14)9(5-10(7)24(23)6-13(15,16)17)20-11(21)18(2)19(3)12(20)22/h4-5H,6H2,1-3H3. The van der Waals surface area contributed by atoms with Crippen LogP contribution in [-0.4, -0.2) is 30.4 Å². The lowest BCUT2D eigenvalue weighted by Gasteiger charge is -2.15. The molecule has 2 rings (SSSR count). The third-order valence-corrected chi connectivity index (χ3v) is 4.93. The number of aryl methyl sites for hydroxylation is 1. The van der Waals surface area contributed by atoms with Crippen LogP contribution in [0, 0.1) is 12.7 Å². The van der Waals surface area contributed by atoms with Gasteiger partial charge in [0.1, 0.15) is 5.82 Å². The summed E-state index contributed by atoms with van der Waals surface area (Å²) >= 11 is -2.49. The number of hydrogen-bond acceptors (Lipinski definition) is 3. The molecule has 0 aliphatic carbocycles. The highest BCUT2D eigenvalue weighted by Crippen LogP contribution is 2.27.